The highest BCUT2D eigenvalue weighted by molar-refractivity contribution is 5.97. The zero-order valence-electron chi connectivity index (χ0n) is 17.7. The highest BCUT2D eigenvalue weighted by Gasteiger charge is 2.27. The molecule has 1 saturated heterocycles. The number of halogens is 1. The first kappa shape index (κ1) is 21.1. The maximum absolute atomic E-state index is 13.4. The van der Waals surface area contributed by atoms with Crippen molar-refractivity contribution in [1.82, 2.24) is 15.6 Å². The van der Waals surface area contributed by atoms with Crippen molar-refractivity contribution in [3.05, 3.63) is 53.5 Å². The van der Waals surface area contributed by atoms with Gasteiger partial charge < -0.3 is 14.0 Å². The average molecular weight is 427 g/mol. The van der Waals surface area contributed by atoms with Gasteiger partial charge in [-0.15, -0.1) is 0 Å². The average Bonchev–Trinajstić information content (AvgIpc) is 3.20. The Balaban J connectivity index is 1.41. The van der Waals surface area contributed by atoms with E-state index in [1.807, 2.05) is 11.9 Å². The minimum atomic E-state index is -0.340. The van der Waals surface area contributed by atoms with Crippen LogP contribution in [0.1, 0.15) is 48.2 Å². The first-order valence-electron chi connectivity index (χ1n) is 10.5. The van der Waals surface area contributed by atoms with Gasteiger partial charge in [-0.1, -0.05) is 18.1 Å². The van der Waals surface area contributed by atoms with Crippen LogP contribution in [0.2, 0.25) is 0 Å². The van der Waals surface area contributed by atoms with Gasteiger partial charge in [-0.2, -0.15) is 0 Å². The van der Waals surface area contributed by atoms with E-state index in [0.29, 0.717) is 42.3 Å². The summed E-state index contributed by atoms with van der Waals surface area (Å²) in [5, 5.41) is 6.93. The van der Waals surface area contributed by atoms with Crippen LogP contribution in [0, 0.1) is 5.82 Å². The molecule has 1 aliphatic heterocycles. The van der Waals surface area contributed by atoms with E-state index in [9.17, 15) is 9.18 Å². The number of ether oxygens (including phenoxy) is 2. The van der Waals surface area contributed by atoms with E-state index in [-0.39, 0.29) is 17.6 Å². The lowest BCUT2D eigenvalue weighted by molar-refractivity contribution is 0.0728. The van der Waals surface area contributed by atoms with Crippen molar-refractivity contribution in [2.24, 2.45) is 0 Å². The van der Waals surface area contributed by atoms with E-state index < -0.39 is 0 Å². The Labute approximate surface area is 180 Å². The van der Waals surface area contributed by atoms with Gasteiger partial charge in [0.25, 0.3) is 5.91 Å². The second-order valence-corrected chi connectivity index (χ2v) is 7.60. The molecule has 0 aliphatic carbocycles. The minimum absolute atomic E-state index is 0.195. The molecule has 0 bridgehead atoms. The molecule has 3 aromatic rings. The second-order valence-electron chi connectivity index (χ2n) is 7.60. The number of hydrogen-bond donors (Lipinski definition) is 1. The highest BCUT2D eigenvalue weighted by Crippen LogP contribution is 2.33. The maximum atomic E-state index is 13.4. The number of carbonyl (C=O) groups is 1. The first-order valence-corrected chi connectivity index (χ1v) is 10.5. The Bertz CT molecular complexity index is 1060. The molecule has 1 amide bonds. The largest absolute Gasteiger partial charge is 0.493 e. The summed E-state index contributed by atoms with van der Waals surface area (Å²) in [6, 6.07) is 9.78. The van der Waals surface area contributed by atoms with Crippen molar-refractivity contribution in [3.8, 4) is 11.5 Å². The van der Waals surface area contributed by atoms with Crippen molar-refractivity contribution < 1.29 is 23.2 Å². The molecule has 1 aromatic heterocycles. The zero-order chi connectivity index (χ0) is 21.8. The lowest BCUT2D eigenvalue weighted by Gasteiger charge is -2.31. The number of para-hydroxylation sites is 1. The van der Waals surface area contributed by atoms with Crippen LogP contribution in [0.4, 0.5) is 4.39 Å². The van der Waals surface area contributed by atoms with Gasteiger partial charge >= 0.3 is 0 Å². The zero-order valence-corrected chi connectivity index (χ0v) is 17.7. The number of rotatable bonds is 7. The molecule has 164 valence electrons. The molecule has 0 atom stereocenters. The summed E-state index contributed by atoms with van der Waals surface area (Å²) in [5.74, 6) is 0.619. The summed E-state index contributed by atoms with van der Waals surface area (Å²) in [5.41, 5.74) is 4.74. The Kier molecular flexibility index (Phi) is 6.36. The van der Waals surface area contributed by atoms with E-state index in [0.717, 1.165) is 30.3 Å². The fourth-order valence-electron chi connectivity index (χ4n) is 3.90. The third-order valence-corrected chi connectivity index (χ3v) is 5.50. The number of nitrogens with zero attached hydrogens (tertiary/aromatic N) is 2. The molecule has 0 radical (unpaired) electrons. The fourth-order valence-corrected chi connectivity index (χ4v) is 3.90. The summed E-state index contributed by atoms with van der Waals surface area (Å²) in [6.07, 6.45) is 2.43. The fraction of sp³-hybridized carbons (Fsp3) is 0.391. The van der Waals surface area contributed by atoms with Crippen molar-refractivity contribution in [2.45, 2.75) is 32.1 Å². The van der Waals surface area contributed by atoms with Gasteiger partial charge in [-0.05, 0) is 43.5 Å². The summed E-state index contributed by atoms with van der Waals surface area (Å²) >= 11 is 0. The van der Waals surface area contributed by atoms with Crippen LogP contribution in [-0.4, -0.2) is 42.9 Å². The third kappa shape index (κ3) is 4.49. The predicted octanol–water partition coefficient (Wildman–Crippen LogP) is 4.29. The van der Waals surface area contributed by atoms with Crippen molar-refractivity contribution in [2.75, 3.05) is 26.8 Å². The van der Waals surface area contributed by atoms with Gasteiger partial charge in [-0.3, -0.25) is 10.2 Å². The molecular weight excluding hydrogens is 401 g/mol. The van der Waals surface area contributed by atoms with E-state index in [4.69, 9.17) is 14.0 Å². The number of benzene rings is 2. The van der Waals surface area contributed by atoms with Crippen LogP contribution in [0.3, 0.4) is 0 Å². The predicted molar refractivity (Wildman–Crippen MR) is 114 cm³/mol. The van der Waals surface area contributed by atoms with Crippen LogP contribution >= 0.6 is 0 Å². The smallest absolute Gasteiger partial charge is 0.269 e. The van der Waals surface area contributed by atoms with Crippen molar-refractivity contribution >= 4 is 16.9 Å². The van der Waals surface area contributed by atoms with Gasteiger partial charge in [0.1, 0.15) is 5.82 Å². The molecule has 31 heavy (non-hydrogen) atoms. The third-order valence-electron chi connectivity index (χ3n) is 5.50. The number of methoxy groups -OCH3 is 1. The number of piperidine rings is 1. The summed E-state index contributed by atoms with van der Waals surface area (Å²) in [7, 11) is 1.56. The Morgan fingerprint density at radius 2 is 2.10 bits per heavy atom. The van der Waals surface area contributed by atoms with Crippen LogP contribution in [0.25, 0.3) is 11.0 Å². The summed E-state index contributed by atoms with van der Waals surface area (Å²) in [4.78, 5) is 12.9. The monoisotopic (exact) mass is 427 g/mol. The van der Waals surface area contributed by atoms with Gasteiger partial charge in [0.15, 0.2) is 17.1 Å². The molecule has 2 heterocycles. The molecule has 0 saturated carbocycles. The lowest BCUT2D eigenvalue weighted by Crippen LogP contribution is -2.46. The second kappa shape index (κ2) is 9.34. The van der Waals surface area contributed by atoms with Gasteiger partial charge in [0.2, 0.25) is 0 Å². The van der Waals surface area contributed by atoms with Gasteiger partial charge in [0.05, 0.1) is 25.0 Å². The van der Waals surface area contributed by atoms with Crippen molar-refractivity contribution in [3.63, 3.8) is 0 Å². The van der Waals surface area contributed by atoms with Crippen molar-refractivity contribution in [1.29, 1.82) is 0 Å². The number of nitrogens with one attached hydrogen (secondary N) is 1. The molecule has 1 N–H and O–H groups in total. The molecule has 8 heteroatoms. The minimum Gasteiger partial charge on any atom is -0.493 e. The number of hydrogen-bond acceptors (Lipinski definition) is 6. The number of amides is 1. The van der Waals surface area contributed by atoms with Crippen LogP contribution < -0.4 is 14.9 Å². The van der Waals surface area contributed by atoms with E-state index in [1.165, 1.54) is 12.1 Å². The normalized spacial score (nSPS) is 15.2. The van der Waals surface area contributed by atoms with Crippen LogP contribution in [-0.2, 0) is 0 Å². The molecule has 0 unspecified atom stereocenters. The van der Waals surface area contributed by atoms with E-state index in [2.05, 4.69) is 10.6 Å². The van der Waals surface area contributed by atoms with Gasteiger partial charge in [-0.25, -0.2) is 9.40 Å². The lowest BCUT2D eigenvalue weighted by atomic mass is 9.92. The molecule has 1 aliphatic rings. The summed E-state index contributed by atoms with van der Waals surface area (Å²) < 4.78 is 29.8. The number of fused-ring (bicyclic) bond motifs is 1. The van der Waals surface area contributed by atoms with E-state index in [1.54, 1.807) is 31.4 Å². The SMILES string of the molecule is CCCOc1c(OC)cccc1C(=O)NN1CCC(c2noc3cc(F)ccc23)CC1. The molecule has 0 spiro atoms. The standard InChI is InChI=1S/C23H26FN3O4/c1-3-13-30-22-18(5-4-6-19(22)29-2)23(28)25-27-11-9-15(10-12-27)21-17-8-7-16(24)14-20(17)31-26-21/h4-8,14-15H,3,9-13H2,1-2H3,(H,25,28). The van der Waals surface area contributed by atoms with Gasteiger partial charge in [0, 0.05) is 30.5 Å². The number of aromatic nitrogens is 1. The molecule has 7 nitrogen and oxygen atoms in total. The van der Waals surface area contributed by atoms with Crippen LogP contribution in [0.5, 0.6) is 11.5 Å². The maximum Gasteiger partial charge on any atom is 0.269 e. The number of hydrazine groups is 1. The summed E-state index contributed by atoms with van der Waals surface area (Å²) in [6.45, 7) is 3.84. The van der Waals surface area contributed by atoms with Crippen LogP contribution in [0.15, 0.2) is 40.9 Å². The molecular formula is C23H26FN3O4. The first-order chi connectivity index (χ1) is 15.1. The Morgan fingerprint density at radius 1 is 1.29 bits per heavy atom. The molecule has 2 aromatic carbocycles. The Morgan fingerprint density at radius 3 is 2.84 bits per heavy atom. The molecule has 1 fully saturated rings. The quantitative estimate of drug-likeness (QED) is 0.606. The van der Waals surface area contributed by atoms with E-state index >= 15 is 0 Å². The Hall–Kier alpha value is -3.13. The number of carbonyl (C=O) groups excluding carboxylic acids is 1. The highest BCUT2D eigenvalue weighted by atomic mass is 19.1. The molecule has 4 rings (SSSR count). The topological polar surface area (TPSA) is 76.8 Å².